The highest BCUT2D eigenvalue weighted by Gasteiger charge is 2.13. The molecule has 0 atom stereocenters. The van der Waals surface area contributed by atoms with Crippen molar-refractivity contribution >= 4 is 39.7 Å². The second-order valence-corrected chi connectivity index (χ2v) is 7.30. The van der Waals surface area contributed by atoms with Gasteiger partial charge in [-0.1, -0.05) is 23.7 Å². The van der Waals surface area contributed by atoms with Gasteiger partial charge in [-0.3, -0.25) is 5.10 Å². The number of halogens is 2. The monoisotopic (exact) mass is 468 g/mol. The molecule has 0 amide bonds. The van der Waals surface area contributed by atoms with Gasteiger partial charge in [0.2, 0.25) is 4.77 Å². The predicted molar refractivity (Wildman–Crippen MR) is 112 cm³/mol. The number of H-pyrrole nitrogens is 1. The minimum absolute atomic E-state index is 0.390. The summed E-state index contributed by atoms with van der Waals surface area (Å²) in [5.41, 5.74) is 5.16. The second kappa shape index (κ2) is 9.25. The average Bonchev–Trinajstić information content (AvgIpc) is 3.04. The summed E-state index contributed by atoms with van der Waals surface area (Å²) in [5.74, 6) is 1.32. The minimum atomic E-state index is 0.390. The fourth-order valence-electron chi connectivity index (χ4n) is 2.45. The molecule has 6 nitrogen and oxygen atoms in total. The molecule has 2 aromatic carbocycles. The summed E-state index contributed by atoms with van der Waals surface area (Å²) in [4.78, 5) is 0. The van der Waals surface area contributed by atoms with Gasteiger partial charge >= 0.3 is 0 Å². The Morgan fingerprint density at radius 3 is 2.81 bits per heavy atom. The van der Waals surface area contributed by atoms with Gasteiger partial charge in [-0.25, -0.2) is 4.68 Å². The van der Waals surface area contributed by atoms with Crippen LogP contribution in [0.25, 0.3) is 0 Å². The van der Waals surface area contributed by atoms with Gasteiger partial charge in [-0.2, -0.15) is 5.10 Å². The van der Waals surface area contributed by atoms with Crippen molar-refractivity contribution in [1.82, 2.24) is 14.9 Å². The molecule has 0 saturated heterocycles. The maximum atomic E-state index is 6.04. The number of benzene rings is 2. The fourth-order valence-corrected chi connectivity index (χ4v) is 3.43. The first-order valence-corrected chi connectivity index (χ1v) is 9.83. The Bertz CT molecular complexity index is 976. The number of aromatic nitrogens is 3. The number of hydrogen-bond acceptors (Lipinski definition) is 5. The highest BCUT2D eigenvalue weighted by atomic mass is 79.9. The topological polar surface area (TPSA) is 64.1 Å². The standard InChI is InChI=1S/C18H18BrClN4O2S/c1-2-25-16-8-13(9-22-24-11-21-23-18(24)27)7-15(19)17(16)26-10-12-4-3-5-14(20)6-12/h3-8,11,22H,2,9-10H2,1H3,(H,23,27). The Kier molecular flexibility index (Phi) is 6.76. The van der Waals surface area contributed by atoms with E-state index >= 15 is 0 Å². The van der Waals surface area contributed by atoms with Crippen molar-refractivity contribution in [1.29, 1.82) is 0 Å². The molecule has 3 rings (SSSR count). The minimum Gasteiger partial charge on any atom is -0.490 e. The third-order valence-corrected chi connectivity index (χ3v) is 4.76. The van der Waals surface area contributed by atoms with E-state index in [1.165, 1.54) is 0 Å². The number of rotatable bonds is 8. The molecule has 0 aliphatic carbocycles. The van der Waals surface area contributed by atoms with Crippen LogP contribution in [0.2, 0.25) is 5.02 Å². The van der Waals surface area contributed by atoms with Crippen molar-refractivity contribution in [3.63, 3.8) is 0 Å². The van der Waals surface area contributed by atoms with E-state index in [2.05, 4.69) is 31.6 Å². The Balaban J connectivity index is 1.77. The lowest BCUT2D eigenvalue weighted by Crippen LogP contribution is -2.13. The molecule has 0 bridgehead atoms. The van der Waals surface area contributed by atoms with Crippen molar-refractivity contribution < 1.29 is 9.47 Å². The number of hydrogen-bond donors (Lipinski definition) is 2. The van der Waals surface area contributed by atoms with E-state index in [9.17, 15) is 0 Å². The van der Waals surface area contributed by atoms with Gasteiger partial charge in [0, 0.05) is 5.02 Å². The first kappa shape index (κ1) is 19.7. The normalized spacial score (nSPS) is 10.6. The molecular formula is C18H18BrClN4O2S. The lowest BCUT2D eigenvalue weighted by atomic mass is 10.2. The van der Waals surface area contributed by atoms with Gasteiger partial charge in [-0.15, -0.1) is 0 Å². The first-order chi connectivity index (χ1) is 13.1. The van der Waals surface area contributed by atoms with E-state index in [4.69, 9.17) is 33.3 Å². The smallest absolute Gasteiger partial charge is 0.214 e. The van der Waals surface area contributed by atoms with Crippen LogP contribution in [0.3, 0.4) is 0 Å². The quantitative estimate of drug-likeness (QED) is 0.451. The maximum absolute atomic E-state index is 6.04. The van der Waals surface area contributed by atoms with Crippen molar-refractivity contribution in [3.8, 4) is 11.5 Å². The van der Waals surface area contributed by atoms with Crippen LogP contribution < -0.4 is 14.9 Å². The highest BCUT2D eigenvalue weighted by molar-refractivity contribution is 9.10. The second-order valence-electron chi connectivity index (χ2n) is 5.62. The SMILES string of the molecule is CCOc1cc(CNn2cn[nH]c2=S)cc(Br)c1OCc1cccc(Cl)c1. The highest BCUT2D eigenvalue weighted by Crippen LogP contribution is 2.37. The number of nitrogens with zero attached hydrogens (tertiary/aromatic N) is 2. The van der Waals surface area contributed by atoms with E-state index in [0.717, 1.165) is 15.6 Å². The molecule has 142 valence electrons. The van der Waals surface area contributed by atoms with Crippen LogP contribution >= 0.6 is 39.7 Å². The number of aromatic amines is 1. The molecule has 0 radical (unpaired) electrons. The van der Waals surface area contributed by atoms with Crippen LogP contribution in [0.1, 0.15) is 18.1 Å². The number of nitrogens with one attached hydrogen (secondary N) is 2. The zero-order valence-corrected chi connectivity index (χ0v) is 17.7. The van der Waals surface area contributed by atoms with Gasteiger partial charge in [0.15, 0.2) is 11.5 Å². The molecule has 0 spiro atoms. The molecule has 0 unspecified atom stereocenters. The van der Waals surface area contributed by atoms with Crippen LogP contribution in [0.15, 0.2) is 47.2 Å². The summed E-state index contributed by atoms with van der Waals surface area (Å²) in [7, 11) is 0. The summed E-state index contributed by atoms with van der Waals surface area (Å²) in [5, 5.41) is 7.26. The maximum Gasteiger partial charge on any atom is 0.214 e. The molecular weight excluding hydrogens is 452 g/mol. The van der Waals surface area contributed by atoms with Crippen LogP contribution in [0.5, 0.6) is 11.5 Å². The van der Waals surface area contributed by atoms with Crippen LogP contribution in [-0.2, 0) is 13.2 Å². The van der Waals surface area contributed by atoms with Gasteiger partial charge < -0.3 is 14.9 Å². The third-order valence-electron chi connectivity index (χ3n) is 3.65. The Morgan fingerprint density at radius 1 is 1.26 bits per heavy atom. The molecule has 0 aliphatic heterocycles. The zero-order chi connectivity index (χ0) is 19.2. The van der Waals surface area contributed by atoms with Crippen molar-refractivity contribution in [2.75, 3.05) is 12.0 Å². The number of ether oxygens (including phenoxy) is 2. The van der Waals surface area contributed by atoms with Crippen LogP contribution in [0, 0.1) is 4.77 Å². The molecule has 0 fully saturated rings. The van der Waals surface area contributed by atoms with Gasteiger partial charge in [0.25, 0.3) is 0 Å². The molecule has 9 heteroatoms. The summed E-state index contributed by atoms with van der Waals surface area (Å²) in [6, 6.07) is 11.5. The third kappa shape index (κ3) is 5.24. The van der Waals surface area contributed by atoms with Gasteiger partial charge in [0.1, 0.15) is 12.9 Å². The summed E-state index contributed by atoms with van der Waals surface area (Å²) in [6.45, 7) is 3.40. The zero-order valence-electron chi connectivity index (χ0n) is 14.5. The largest absolute Gasteiger partial charge is 0.490 e. The molecule has 1 aromatic heterocycles. The van der Waals surface area contributed by atoms with Crippen molar-refractivity contribution in [2.24, 2.45) is 0 Å². The lowest BCUT2D eigenvalue weighted by Gasteiger charge is -2.16. The van der Waals surface area contributed by atoms with Crippen LogP contribution in [0.4, 0.5) is 0 Å². The summed E-state index contributed by atoms with van der Waals surface area (Å²) >= 11 is 14.7. The lowest BCUT2D eigenvalue weighted by molar-refractivity contribution is 0.267. The van der Waals surface area contributed by atoms with E-state index in [0.29, 0.717) is 41.1 Å². The van der Waals surface area contributed by atoms with E-state index in [1.54, 1.807) is 11.0 Å². The van der Waals surface area contributed by atoms with Gasteiger partial charge in [0.05, 0.1) is 17.6 Å². The Hall–Kier alpha value is -2.03. The first-order valence-electron chi connectivity index (χ1n) is 8.25. The van der Waals surface area contributed by atoms with E-state index in [1.807, 2.05) is 43.3 Å². The van der Waals surface area contributed by atoms with Crippen molar-refractivity contribution in [2.45, 2.75) is 20.1 Å². The van der Waals surface area contributed by atoms with Gasteiger partial charge in [-0.05, 0) is 70.5 Å². The van der Waals surface area contributed by atoms with E-state index < -0.39 is 0 Å². The Labute approximate surface area is 175 Å². The Morgan fingerprint density at radius 2 is 2.11 bits per heavy atom. The molecule has 1 heterocycles. The molecule has 2 N–H and O–H groups in total. The molecule has 0 saturated carbocycles. The van der Waals surface area contributed by atoms with Crippen LogP contribution in [-0.4, -0.2) is 21.5 Å². The summed E-state index contributed by atoms with van der Waals surface area (Å²) < 4.78 is 14.7. The van der Waals surface area contributed by atoms with E-state index in [-0.39, 0.29) is 0 Å². The fraction of sp³-hybridized carbons (Fsp3) is 0.222. The summed E-state index contributed by atoms with van der Waals surface area (Å²) in [6.07, 6.45) is 1.59. The molecule has 3 aromatic rings. The van der Waals surface area contributed by atoms with Crippen molar-refractivity contribution in [3.05, 3.63) is 68.1 Å². The predicted octanol–water partition coefficient (Wildman–Crippen LogP) is 5.08. The molecule has 0 aliphatic rings. The molecule has 27 heavy (non-hydrogen) atoms. The average molecular weight is 470 g/mol.